The van der Waals surface area contributed by atoms with Crippen molar-refractivity contribution in [3.63, 3.8) is 0 Å². The zero-order valence-corrected chi connectivity index (χ0v) is 17.6. The molecule has 0 bridgehead atoms. The summed E-state index contributed by atoms with van der Waals surface area (Å²) in [6, 6.07) is 10.1. The summed E-state index contributed by atoms with van der Waals surface area (Å²) in [4.78, 5) is 15.5. The first-order valence-corrected chi connectivity index (χ1v) is 10.8. The van der Waals surface area contributed by atoms with Crippen LogP contribution in [0, 0.1) is 6.92 Å². The fourth-order valence-corrected chi connectivity index (χ4v) is 4.83. The lowest BCUT2D eigenvalue weighted by atomic mass is 9.93. The molecule has 3 aliphatic rings. The Bertz CT molecular complexity index is 1020. The molecule has 2 aromatic rings. The minimum Gasteiger partial charge on any atom is -0.497 e. The third-order valence-corrected chi connectivity index (χ3v) is 6.45. The lowest BCUT2D eigenvalue weighted by Crippen LogP contribution is -2.41. The molecule has 0 N–H and O–H groups in total. The Morgan fingerprint density at radius 2 is 1.97 bits per heavy atom. The van der Waals surface area contributed by atoms with E-state index in [2.05, 4.69) is 4.90 Å². The molecule has 2 aliphatic heterocycles. The number of nitrogens with zero attached hydrogens (tertiary/aromatic N) is 1. The molecule has 1 aliphatic carbocycles. The lowest BCUT2D eigenvalue weighted by Gasteiger charge is -2.37. The highest BCUT2D eigenvalue weighted by molar-refractivity contribution is 6.15. The van der Waals surface area contributed by atoms with Gasteiger partial charge >= 0.3 is 0 Å². The predicted molar refractivity (Wildman–Crippen MR) is 115 cm³/mol. The fraction of sp³-hybridized carbons (Fsp3) is 0.400. The second-order valence-electron chi connectivity index (χ2n) is 8.40. The monoisotopic (exact) mass is 405 g/mol. The van der Waals surface area contributed by atoms with Crippen LogP contribution < -0.4 is 14.2 Å². The van der Waals surface area contributed by atoms with Crippen LogP contribution in [0.5, 0.6) is 17.2 Å². The number of fused-ring (bicyclic) bond motifs is 2. The molecular formula is C25H27NO4. The average molecular weight is 405 g/mol. The number of ketones is 1. The summed E-state index contributed by atoms with van der Waals surface area (Å²) >= 11 is 0. The Labute approximate surface area is 177 Å². The van der Waals surface area contributed by atoms with Crippen molar-refractivity contribution in [2.24, 2.45) is 0 Å². The van der Waals surface area contributed by atoms with Crippen LogP contribution in [0.25, 0.3) is 6.08 Å². The fourth-order valence-electron chi connectivity index (χ4n) is 4.83. The maximum atomic E-state index is 13.1. The number of allylic oxidation sites excluding steroid dienone is 1. The van der Waals surface area contributed by atoms with E-state index in [9.17, 15) is 4.79 Å². The van der Waals surface area contributed by atoms with E-state index in [0.717, 1.165) is 34.7 Å². The molecular weight excluding hydrogens is 378 g/mol. The van der Waals surface area contributed by atoms with Crippen LogP contribution in [0.2, 0.25) is 0 Å². The Hall–Kier alpha value is -2.79. The topological polar surface area (TPSA) is 48.0 Å². The number of carbonyl (C=O) groups is 1. The van der Waals surface area contributed by atoms with Crippen LogP contribution in [-0.4, -0.2) is 30.6 Å². The average Bonchev–Trinajstić information content (AvgIpc) is 3.10. The molecule has 1 fully saturated rings. The molecule has 0 spiro atoms. The molecule has 5 rings (SSSR count). The van der Waals surface area contributed by atoms with Gasteiger partial charge in [-0.15, -0.1) is 0 Å². The summed E-state index contributed by atoms with van der Waals surface area (Å²) in [6.07, 6.45) is 8.17. The molecule has 1 saturated carbocycles. The molecule has 5 heteroatoms. The van der Waals surface area contributed by atoms with Crippen molar-refractivity contribution in [2.75, 3.05) is 13.8 Å². The maximum absolute atomic E-state index is 13.1. The molecule has 0 saturated heterocycles. The number of methoxy groups -OCH3 is 1. The Morgan fingerprint density at radius 3 is 2.77 bits per heavy atom. The van der Waals surface area contributed by atoms with Gasteiger partial charge in [0.05, 0.1) is 12.7 Å². The van der Waals surface area contributed by atoms with Gasteiger partial charge < -0.3 is 14.2 Å². The van der Waals surface area contributed by atoms with Gasteiger partial charge in [0.25, 0.3) is 0 Å². The van der Waals surface area contributed by atoms with Crippen molar-refractivity contribution in [2.45, 2.75) is 51.6 Å². The highest BCUT2D eigenvalue weighted by Crippen LogP contribution is 2.43. The van der Waals surface area contributed by atoms with Gasteiger partial charge in [-0.2, -0.15) is 0 Å². The lowest BCUT2D eigenvalue weighted by molar-refractivity contribution is 0.0397. The van der Waals surface area contributed by atoms with Gasteiger partial charge in [0.1, 0.15) is 24.0 Å². The highest BCUT2D eigenvalue weighted by Gasteiger charge is 2.34. The van der Waals surface area contributed by atoms with Gasteiger partial charge in [-0.3, -0.25) is 9.69 Å². The summed E-state index contributed by atoms with van der Waals surface area (Å²) in [5.74, 6) is 2.51. The van der Waals surface area contributed by atoms with Crippen LogP contribution in [0.15, 0.2) is 36.1 Å². The zero-order chi connectivity index (χ0) is 20.7. The summed E-state index contributed by atoms with van der Waals surface area (Å²) in [5, 5.41) is 0. The van der Waals surface area contributed by atoms with E-state index in [1.165, 1.54) is 32.1 Å². The third kappa shape index (κ3) is 3.37. The van der Waals surface area contributed by atoms with Crippen molar-refractivity contribution in [1.82, 2.24) is 4.90 Å². The van der Waals surface area contributed by atoms with E-state index in [4.69, 9.17) is 14.2 Å². The standard InChI is InChI=1S/C25H27NO4/c1-16-24-18(14-26(15-29-24)19-8-4-3-5-9-19)13-21-23(27)22(30-25(16)21)12-17-7-6-10-20(11-17)28-2/h6-7,10-13,19H,3-5,8-9,14-15H2,1-2H3/b22-12-. The number of ether oxygens (including phenoxy) is 3. The molecule has 0 atom stereocenters. The number of hydrogen-bond donors (Lipinski definition) is 0. The second kappa shape index (κ2) is 7.80. The van der Waals surface area contributed by atoms with Crippen molar-refractivity contribution >= 4 is 11.9 Å². The highest BCUT2D eigenvalue weighted by atomic mass is 16.5. The zero-order valence-electron chi connectivity index (χ0n) is 17.6. The second-order valence-corrected chi connectivity index (χ2v) is 8.40. The van der Waals surface area contributed by atoms with E-state index in [1.54, 1.807) is 13.2 Å². The minimum atomic E-state index is -0.0755. The number of Topliss-reactive ketones (excluding diaryl/α,β-unsaturated/α-hetero) is 1. The molecule has 30 heavy (non-hydrogen) atoms. The first-order chi connectivity index (χ1) is 14.6. The molecule has 0 radical (unpaired) electrons. The van der Waals surface area contributed by atoms with Crippen molar-refractivity contribution in [3.8, 4) is 17.2 Å². The minimum absolute atomic E-state index is 0.0755. The SMILES string of the molecule is COc1cccc(/C=C2\Oc3c(cc4c(c3C)OCN(C3CCCCC3)C4)C2=O)c1. The first-order valence-electron chi connectivity index (χ1n) is 10.8. The Balaban J connectivity index is 1.44. The Morgan fingerprint density at radius 1 is 1.13 bits per heavy atom. The molecule has 2 heterocycles. The van der Waals surface area contributed by atoms with Crippen molar-refractivity contribution in [1.29, 1.82) is 0 Å². The van der Waals surface area contributed by atoms with Gasteiger partial charge in [-0.05, 0) is 49.6 Å². The van der Waals surface area contributed by atoms with Gasteiger partial charge in [0.15, 0.2) is 5.76 Å². The quantitative estimate of drug-likeness (QED) is 0.665. The van der Waals surface area contributed by atoms with Gasteiger partial charge in [0.2, 0.25) is 5.78 Å². The summed E-state index contributed by atoms with van der Waals surface area (Å²) in [6.45, 7) is 3.42. The number of benzene rings is 2. The smallest absolute Gasteiger partial charge is 0.231 e. The molecule has 0 unspecified atom stereocenters. The Kier molecular flexibility index (Phi) is 4.99. The number of carbonyl (C=O) groups excluding carboxylic acids is 1. The van der Waals surface area contributed by atoms with Gasteiger partial charge in [-0.25, -0.2) is 0 Å². The molecule has 0 aromatic heterocycles. The summed E-state index contributed by atoms with van der Waals surface area (Å²) in [7, 11) is 1.63. The van der Waals surface area contributed by atoms with Crippen molar-refractivity contribution in [3.05, 3.63) is 58.3 Å². The van der Waals surface area contributed by atoms with Crippen LogP contribution in [0.1, 0.15) is 59.2 Å². The molecule has 2 aromatic carbocycles. The van der Waals surface area contributed by atoms with Gasteiger partial charge in [-0.1, -0.05) is 31.4 Å². The van der Waals surface area contributed by atoms with Gasteiger partial charge in [0, 0.05) is 23.7 Å². The molecule has 0 amide bonds. The van der Waals surface area contributed by atoms with Crippen molar-refractivity contribution < 1.29 is 19.0 Å². The maximum Gasteiger partial charge on any atom is 0.231 e. The van der Waals surface area contributed by atoms with E-state index in [-0.39, 0.29) is 5.78 Å². The van der Waals surface area contributed by atoms with Crippen LogP contribution in [-0.2, 0) is 6.54 Å². The number of hydrogen-bond acceptors (Lipinski definition) is 5. The number of rotatable bonds is 3. The normalized spacial score (nSPS) is 20.5. The van der Waals surface area contributed by atoms with E-state index < -0.39 is 0 Å². The van der Waals surface area contributed by atoms with E-state index in [0.29, 0.717) is 29.8 Å². The summed E-state index contributed by atoms with van der Waals surface area (Å²) in [5.41, 5.74) is 3.50. The van der Waals surface area contributed by atoms with E-state index in [1.807, 2.05) is 37.3 Å². The third-order valence-electron chi connectivity index (χ3n) is 6.45. The van der Waals surface area contributed by atoms with Crippen LogP contribution in [0.3, 0.4) is 0 Å². The van der Waals surface area contributed by atoms with E-state index >= 15 is 0 Å². The molecule has 156 valence electrons. The van der Waals surface area contributed by atoms with Crippen LogP contribution in [0.4, 0.5) is 0 Å². The molecule has 5 nitrogen and oxygen atoms in total. The summed E-state index contributed by atoms with van der Waals surface area (Å²) < 4.78 is 17.5. The first kappa shape index (κ1) is 19.2. The largest absolute Gasteiger partial charge is 0.497 e. The predicted octanol–water partition coefficient (Wildman–Crippen LogP) is 5.10. The van der Waals surface area contributed by atoms with Crippen LogP contribution >= 0.6 is 0 Å².